The van der Waals surface area contributed by atoms with Crippen LogP contribution >= 0.6 is 12.2 Å². The number of hydrogen-bond acceptors (Lipinski definition) is 4. The quantitative estimate of drug-likeness (QED) is 0.529. The standard InChI is InChI=1S/C19H19N5S/c1-3-24-17-10-15-14(9-16(17)23-19(24)25)18(22-12(2)21-15)20-11-13-7-5-4-6-8-13/h4-10H,3,11H2,1-2H3,(H,23,25)(H,20,21,22). The number of anilines is 1. The molecule has 4 rings (SSSR count). The minimum Gasteiger partial charge on any atom is -0.365 e. The second-order valence-electron chi connectivity index (χ2n) is 6.02. The van der Waals surface area contributed by atoms with E-state index in [2.05, 4.69) is 56.0 Å². The second kappa shape index (κ2) is 6.29. The van der Waals surface area contributed by atoms with Crippen LogP contribution in [0, 0.1) is 11.7 Å². The number of nitrogens with one attached hydrogen (secondary N) is 2. The summed E-state index contributed by atoms with van der Waals surface area (Å²) in [6.45, 7) is 5.55. The average Bonchev–Trinajstić information content (AvgIpc) is 2.92. The Balaban J connectivity index is 1.83. The Labute approximate surface area is 150 Å². The molecule has 0 saturated carbocycles. The minimum atomic E-state index is 0.719. The summed E-state index contributed by atoms with van der Waals surface area (Å²) in [6, 6.07) is 14.5. The minimum absolute atomic E-state index is 0.719. The van der Waals surface area contributed by atoms with Crippen molar-refractivity contribution in [2.24, 2.45) is 0 Å². The molecular weight excluding hydrogens is 330 g/mol. The van der Waals surface area contributed by atoms with E-state index in [0.717, 1.165) is 51.4 Å². The number of aryl methyl sites for hydroxylation is 2. The number of fused-ring (bicyclic) bond motifs is 2. The Kier molecular flexibility index (Phi) is 3.97. The first-order chi connectivity index (χ1) is 12.2. The Bertz CT molecular complexity index is 1110. The maximum atomic E-state index is 5.42. The molecule has 4 aromatic rings. The summed E-state index contributed by atoms with van der Waals surface area (Å²) in [7, 11) is 0. The molecule has 2 aromatic heterocycles. The summed E-state index contributed by atoms with van der Waals surface area (Å²) in [5.74, 6) is 1.59. The Morgan fingerprint density at radius 1 is 1.16 bits per heavy atom. The van der Waals surface area contributed by atoms with Gasteiger partial charge in [0.05, 0.1) is 16.6 Å². The van der Waals surface area contributed by atoms with Crippen LogP contribution in [-0.2, 0) is 13.1 Å². The van der Waals surface area contributed by atoms with Gasteiger partial charge in [-0.25, -0.2) is 9.97 Å². The van der Waals surface area contributed by atoms with Gasteiger partial charge in [0.25, 0.3) is 0 Å². The molecule has 126 valence electrons. The van der Waals surface area contributed by atoms with Crippen LogP contribution < -0.4 is 5.32 Å². The molecule has 25 heavy (non-hydrogen) atoms. The normalized spacial score (nSPS) is 11.3. The van der Waals surface area contributed by atoms with Gasteiger partial charge >= 0.3 is 0 Å². The van der Waals surface area contributed by atoms with Crippen LogP contribution in [0.15, 0.2) is 42.5 Å². The predicted octanol–water partition coefficient (Wildman–Crippen LogP) is 4.58. The summed E-state index contributed by atoms with van der Waals surface area (Å²) in [5.41, 5.74) is 4.22. The molecule has 0 aliphatic carbocycles. The largest absolute Gasteiger partial charge is 0.365 e. The van der Waals surface area contributed by atoms with Gasteiger partial charge in [-0.05, 0) is 43.8 Å². The predicted molar refractivity (Wildman–Crippen MR) is 104 cm³/mol. The van der Waals surface area contributed by atoms with E-state index < -0.39 is 0 Å². The van der Waals surface area contributed by atoms with E-state index in [1.165, 1.54) is 5.56 Å². The first-order valence-corrected chi connectivity index (χ1v) is 8.75. The third-order valence-electron chi connectivity index (χ3n) is 4.32. The lowest BCUT2D eigenvalue weighted by molar-refractivity contribution is 0.774. The van der Waals surface area contributed by atoms with Crippen molar-refractivity contribution in [2.45, 2.75) is 26.9 Å². The van der Waals surface area contributed by atoms with E-state index in [0.29, 0.717) is 0 Å². The molecule has 0 fully saturated rings. The van der Waals surface area contributed by atoms with E-state index in [4.69, 9.17) is 12.2 Å². The van der Waals surface area contributed by atoms with Crippen molar-refractivity contribution in [2.75, 3.05) is 5.32 Å². The van der Waals surface area contributed by atoms with E-state index >= 15 is 0 Å². The number of aromatic amines is 1. The highest BCUT2D eigenvalue weighted by molar-refractivity contribution is 7.71. The fourth-order valence-electron chi connectivity index (χ4n) is 3.13. The van der Waals surface area contributed by atoms with Crippen LogP contribution in [0.1, 0.15) is 18.3 Å². The van der Waals surface area contributed by atoms with Crippen LogP contribution in [0.5, 0.6) is 0 Å². The topological polar surface area (TPSA) is 58.5 Å². The third-order valence-corrected chi connectivity index (χ3v) is 4.64. The van der Waals surface area contributed by atoms with Gasteiger partial charge in [0.15, 0.2) is 4.77 Å². The van der Waals surface area contributed by atoms with Gasteiger partial charge in [-0.1, -0.05) is 30.3 Å². The molecule has 0 aliphatic heterocycles. The fraction of sp³-hybridized carbons (Fsp3) is 0.211. The highest BCUT2D eigenvalue weighted by atomic mass is 32.1. The first-order valence-electron chi connectivity index (χ1n) is 8.34. The summed E-state index contributed by atoms with van der Waals surface area (Å²) >= 11 is 5.42. The Hall–Kier alpha value is -2.73. The number of imidazole rings is 1. The van der Waals surface area contributed by atoms with Crippen molar-refractivity contribution in [1.82, 2.24) is 19.5 Å². The zero-order valence-electron chi connectivity index (χ0n) is 14.2. The summed E-state index contributed by atoms with van der Waals surface area (Å²) < 4.78 is 2.81. The zero-order chi connectivity index (χ0) is 17.4. The third kappa shape index (κ3) is 2.89. The molecule has 6 heteroatoms. The number of benzene rings is 2. The maximum absolute atomic E-state index is 5.42. The zero-order valence-corrected chi connectivity index (χ0v) is 15.0. The molecule has 0 spiro atoms. The highest BCUT2D eigenvalue weighted by Crippen LogP contribution is 2.26. The maximum Gasteiger partial charge on any atom is 0.178 e. The molecule has 0 aliphatic rings. The number of nitrogens with zero attached hydrogens (tertiary/aromatic N) is 3. The lowest BCUT2D eigenvalue weighted by atomic mass is 10.2. The first kappa shape index (κ1) is 15.8. The van der Waals surface area contributed by atoms with Crippen molar-refractivity contribution in [3.8, 4) is 0 Å². The number of aromatic nitrogens is 4. The smallest absolute Gasteiger partial charge is 0.178 e. The van der Waals surface area contributed by atoms with Crippen molar-refractivity contribution < 1.29 is 0 Å². The molecular formula is C19H19N5S. The molecule has 2 aromatic carbocycles. The van der Waals surface area contributed by atoms with Gasteiger partial charge in [0.1, 0.15) is 11.6 Å². The second-order valence-corrected chi connectivity index (χ2v) is 6.41. The molecule has 0 radical (unpaired) electrons. The molecule has 0 saturated heterocycles. The van der Waals surface area contributed by atoms with E-state index in [-0.39, 0.29) is 0 Å². The molecule has 0 atom stereocenters. The van der Waals surface area contributed by atoms with Gasteiger partial charge < -0.3 is 14.9 Å². The van der Waals surface area contributed by atoms with Gasteiger partial charge in [-0.15, -0.1) is 0 Å². The SMILES string of the molecule is CCn1c(=S)[nH]c2cc3c(NCc4ccccc4)nc(C)nc3cc21. The molecule has 5 nitrogen and oxygen atoms in total. The van der Waals surface area contributed by atoms with Gasteiger partial charge in [0.2, 0.25) is 0 Å². The van der Waals surface area contributed by atoms with Crippen LogP contribution in [0.4, 0.5) is 5.82 Å². The van der Waals surface area contributed by atoms with Crippen LogP contribution in [-0.4, -0.2) is 19.5 Å². The number of rotatable bonds is 4. The van der Waals surface area contributed by atoms with Crippen molar-refractivity contribution in [3.63, 3.8) is 0 Å². The number of H-pyrrole nitrogens is 1. The molecule has 0 unspecified atom stereocenters. The van der Waals surface area contributed by atoms with Gasteiger partial charge in [-0.3, -0.25) is 0 Å². The lowest BCUT2D eigenvalue weighted by Gasteiger charge is -2.10. The van der Waals surface area contributed by atoms with Gasteiger partial charge in [0, 0.05) is 18.5 Å². The van der Waals surface area contributed by atoms with Crippen LogP contribution in [0.25, 0.3) is 21.9 Å². The van der Waals surface area contributed by atoms with Crippen LogP contribution in [0.3, 0.4) is 0 Å². The molecule has 0 bridgehead atoms. The monoisotopic (exact) mass is 349 g/mol. The highest BCUT2D eigenvalue weighted by Gasteiger charge is 2.11. The van der Waals surface area contributed by atoms with Crippen molar-refractivity contribution in [1.29, 1.82) is 0 Å². The fourth-order valence-corrected chi connectivity index (χ4v) is 3.46. The molecule has 2 heterocycles. The van der Waals surface area contributed by atoms with Crippen molar-refractivity contribution in [3.05, 3.63) is 58.6 Å². The Morgan fingerprint density at radius 2 is 1.96 bits per heavy atom. The lowest BCUT2D eigenvalue weighted by Crippen LogP contribution is -2.04. The summed E-state index contributed by atoms with van der Waals surface area (Å²) in [5, 5.41) is 4.44. The molecule has 2 N–H and O–H groups in total. The van der Waals surface area contributed by atoms with E-state index in [1.807, 2.05) is 25.1 Å². The van der Waals surface area contributed by atoms with E-state index in [9.17, 15) is 0 Å². The average molecular weight is 349 g/mol. The summed E-state index contributed by atoms with van der Waals surface area (Å²) in [6.07, 6.45) is 0. The Morgan fingerprint density at radius 3 is 2.72 bits per heavy atom. The molecule has 0 amide bonds. The van der Waals surface area contributed by atoms with E-state index in [1.54, 1.807) is 0 Å². The van der Waals surface area contributed by atoms with Crippen LogP contribution in [0.2, 0.25) is 0 Å². The van der Waals surface area contributed by atoms with Gasteiger partial charge in [-0.2, -0.15) is 0 Å². The number of hydrogen-bond donors (Lipinski definition) is 2. The summed E-state index contributed by atoms with van der Waals surface area (Å²) in [4.78, 5) is 12.5. The van der Waals surface area contributed by atoms with Crippen molar-refractivity contribution >= 4 is 40.0 Å².